The van der Waals surface area contributed by atoms with Crippen LogP contribution in [0, 0.1) is 0 Å². The highest BCUT2D eigenvalue weighted by atomic mass is 16.6. The smallest absolute Gasteiger partial charge is 0.332 e. The molecular weight excluding hydrogens is 222 g/mol. The average Bonchev–Trinajstić information content (AvgIpc) is 2.49. The molecule has 1 unspecified atom stereocenters. The van der Waals surface area contributed by atoms with Gasteiger partial charge in [-0.05, 0) is 20.3 Å². The Hall–Kier alpha value is -0.650. The van der Waals surface area contributed by atoms with Crippen molar-refractivity contribution in [3.63, 3.8) is 0 Å². The van der Waals surface area contributed by atoms with Crippen molar-refractivity contribution in [2.75, 3.05) is 46.1 Å². The van der Waals surface area contributed by atoms with Crippen LogP contribution in [0.15, 0.2) is 0 Å². The Bertz CT molecular complexity index is 223. The number of hydrogen-bond donors (Lipinski definition) is 0. The fourth-order valence-electron chi connectivity index (χ4n) is 1.84. The highest BCUT2D eigenvalue weighted by molar-refractivity contribution is 5.70. The predicted octanol–water partition coefficient (Wildman–Crippen LogP) is 0.677. The van der Waals surface area contributed by atoms with E-state index in [1.54, 1.807) is 6.92 Å². The van der Waals surface area contributed by atoms with Crippen LogP contribution in [0.25, 0.3) is 0 Å². The molecule has 0 spiro atoms. The van der Waals surface area contributed by atoms with Crippen molar-refractivity contribution in [2.45, 2.75) is 26.4 Å². The van der Waals surface area contributed by atoms with Gasteiger partial charge in [-0.3, -0.25) is 4.90 Å². The van der Waals surface area contributed by atoms with Crippen LogP contribution in [-0.2, 0) is 19.0 Å². The van der Waals surface area contributed by atoms with Crippen molar-refractivity contribution >= 4 is 5.97 Å². The molecule has 1 saturated heterocycles. The van der Waals surface area contributed by atoms with Crippen LogP contribution >= 0.6 is 0 Å². The predicted molar refractivity (Wildman–Crippen MR) is 63.9 cm³/mol. The van der Waals surface area contributed by atoms with Gasteiger partial charge in [-0.25, -0.2) is 4.79 Å². The molecule has 1 heterocycles. The largest absolute Gasteiger partial charge is 0.464 e. The molecule has 1 fully saturated rings. The Kier molecular flexibility index (Phi) is 7.16. The van der Waals surface area contributed by atoms with Gasteiger partial charge < -0.3 is 14.2 Å². The molecule has 5 nitrogen and oxygen atoms in total. The first-order valence-electron chi connectivity index (χ1n) is 6.29. The van der Waals surface area contributed by atoms with Crippen molar-refractivity contribution < 1.29 is 19.0 Å². The summed E-state index contributed by atoms with van der Waals surface area (Å²) in [5.41, 5.74) is 0. The SMILES string of the molecule is CCOC(=O)COCCN1CCCOC(C)C1. The Morgan fingerprint density at radius 1 is 1.53 bits per heavy atom. The Morgan fingerprint density at radius 2 is 2.35 bits per heavy atom. The molecule has 1 aliphatic rings. The van der Waals surface area contributed by atoms with Gasteiger partial charge in [0.2, 0.25) is 0 Å². The standard InChI is InChI=1S/C12H23NO4/c1-3-16-12(14)10-15-8-6-13-5-4-7-17-11(2)9-13/h11H,3-10H2,1-2H3. The summed E-state index contributed by atoms with van der Waals surface area (Å²) in [5, 5.41) is 0. The van der Waals surface area contributed by atoms with E-state index in [-0.39, 0.29) is 18.7 Å². The Balaban J connectivity index is 2.06. The van der Waals surface area contributed by atoms with Gasteiger partial charge in [-0.1, -0.05) is 0 Å². The lowest BCUT2D eigenvalue weighted by Crippen LogP contribution is -2.33. The van der Waals surface area contributed by atoms with Crippen molar-refractivity contribution in [3.05, 3.63) is 0 Å². The van der Waals surface area contributed by atoms with Gasteiger partial charge >= 0.3 is 5.97 Å². The van der Waals surface area contributed by atoms with Crippen LogP contribution < -0.4 is 0 Å². The molecule has 0 aromatic rings. The molecule has 17 heavy (non-hydrogen) atoms. The lowest BCUT2D eigenvalue weighted by molar-refractivity contribution is -0.148. The molecule has 5 heteroatoms. The maximum Gasteiger partial charge on any atom is 0.332 e. The Labute approximate surface area is 103 Å². The average molecular weight is 245 g/mol. The zero-order chi connectivity index (χ0) is 12.5. The molecule has 0 bridgehead atoms. The first-order valence-corrected chi connectivity index (χ1v) is 6.29. The van der Waals surface area contributed by atoms with Gasteiger partial charge in [0.25, 0.3) is 0 Å². The third-order valence-electron chi connectivity index (χ3n) is 2.61. The first kappa shape index (κ1) is 14.4. The van der Waals surface area contributed by atoms with Crippen LogP contribution in [0.1, 0.15) is 20.3 Å². The van der Waals surface area contributed by atoms with Crippen LogP contribution in [-0.4, -0.2) is 63.0 Å². The maximum absolute atomic E-state index is 11.0. The van der Waals surface area contributed by atoms with Crippen LogP contribution in [0.5, 0.6) is 0 Å². The van der Waals surface area contributed by atoms with Crippen molar-refractivity contribution in [3.8, 4) is 0 Å². The van der Waals surface area contributed by atoms with Gasteiger partial charge in [0, 0.05) is 26.2 Å². The molecule has 0 aliphatic carbocycles. The van der Waals surface area contributed by atoms with Crippen LogP contribution in [0.3, 0.4) is 0 Å². The van der Waals surface area contributed by atoms with E-state index in [2.05, 4.69) is 11.8 Å². The molecule has 0 amide bonds. The van der Waals surface area contributed by atoms with E-state index in [4.69, 9.17) is 14.2 Å². The second-order valence-electron chi connectivity index (χ2n) is 4.19. The first-order chi connectivity index (χ1) is 8.22. The number of carbonyl (C=O) groups is 1. The summed E-state index contributed by atoms with van der Waals surface area (Å²) in [6, 6.07) is 0. The van der Waals surface area contributed by atoms with Gasteiger partial charge in [-0.2, -0.15) is 0 Å². The van der Waals surface area contributed by atoms with Crippen molar-refractivity contribution in [2.24, 2.45) is 0 Å². The molecule has 0 aromatic heterocycles. The maximum atomic E-state index is 11.0. The molecular formula is C12H23NO4. The minimum absolute atomic E-state index is 0.0493. The van der Waals surface area contributed by atoms with Gasteiger partial charge in [0.05, 0.1) is 19.3 Å². The number of rotatable bonds is 6. The normalized spacial score (nSPS) is 22.1. The lowest BCUT2D eigenvalue weighted by atomic mass is 10.3. The molecule has 1 rings (SSSR count). The molecule has 0 aromatic carbocycles. The number of ether oxygens (including phenoxy) is 3. The zero-order valence-corrected chi connectivity index (χ0v) is 10.8. The number of hydrogen-bond acceptors (Lipinski definition) is 5. The third-order valence-corrected chi connectivity index (χ3v) is 2.61. The molecule has 1 atom stereocenters. The highest BCUT2D eigenvalue weighted by Gasteiger charge is 2.14. The van der Waals surface area contributed by atoms with Crippen molar-refractivity contribution in [1.82, 2.24) is 4.90 Å². The fraction of sp³-hybridized carbons (Fsp3) is 0.917. The van der Waals surface area contributed by atoms with Gasteiger partial charge in [-0.15, -0.1) is 0 Å². The molecule has 0 saturated carbocycles. The zero-order valence-electron chi connectivity index (χ0n) is 10.8. The van der Waals surface area contributed by atoms with Crippen LogP contribution in [0.2, 0.25) is 0 Å². The third kappa shape index (κ3) is 6.61. The summed E-state index contributed by atoms with van der Waals surface area (Å²) in [6.45, 7) is 8.53. The topological polar surface area (TPSA) is 48.0 Å². The summed E-state index contributed by atoms with van der Waals surface area (Å²) < 4.78 is 15.6. The van der Waals surface area contributed by atoms with Gasteiger partial charge in [0.1, 0.15) is 6.61 Å². The minimum Gasteiger partial charge on any atom is -0.464 e. The van der Waals surface area contributed by atoms with Crippen molar-refractivity contribution in [1.29, 1.82) is 0 Å². The summed E-state index contributed by atoms with van der Waals surface area (Å²) in [7, 11) is 0. The molecule has 100 valence electrons. The second kappa shape index (κ2) is 8.44. The molecule has 0 N–H and O–H groups in total. The van der Waals surface area contributed by atoms with E-state index in [1.165, 1.54) is 0 Å². The fourth-order valence-corrected chi connectivity index (χ4v) is 1.84. The van der Waals surface area contributed by atoms with E-state index in [9.17, 15) is 4.79 Å². The molecule has 1 aliphatic heterocycles. The number of carbonyl (C=O) groups excluding carboxylic acids is 1. The van der Waals surface area contributed by atoms with E-state index < -0.39 is 0 Å². The number of nitrogens with zero attached hydrogens (tertiary/aromatic N) is 1. The Morgan fingerprint density at radius 3 is 3.12 bits per heavy atom. The number of esters is 1. The summed E-state index contributed by atoms with van der Waals surface area (Å²) >= 11 is 0. The summed E-state index contributed by atoms with van der Waals surface area (Å²) in [4.78, 5) is 13.3. The molecule has 0 radical (unpaired) electrons. The van der Waals surface area contributed by atoms with E-state index in [1.807, 2.05) is 0 Å². The monoisotopic (exact) mass is 245 g/mol. The van der Waals surface area contributed by atoms with Crippen LogP contribution in [0.4, 0.5) is 0 Å². The second-order valence-corrected chi connectivity index (χ2v) is 4.19. The summed E-state index contributed by atoms with van der Waals surface area (Å²) in [5.74, 6) is -0.292. The lowest BCUT2D eigenvalue weighted by Gasteiger charge is -2.21. The van der Waals surface area contributed by atoms with Gasteiger partial charge in [0.15, 0.2) is 0 Å². The highest BCUT2D eigenvalue weighted by Crippen LogP contribution is 2.04. The summed E-state index contributed by atoms with van der Waals surface area (Å²) in [6.07, 6.45) is 1.34. The quantitative estimate of drug-likeness (QED) is 0.508. The van der Waals surface area contributed by atoms with E-state index in [0.717, 1.165) is 32.7 Å². The van der Waals surface area contributed by atoms with E-state index in [0.29, 0.717) is 13.2 Å². The van der Waals surface area contributed by atoms with E-state index >= 15 is 0 Å². The minimum atomic E-state index is -0.292.